The van der Waals surface area contributed by atoms with Crippen molar-refractivity contribution in [1.29, 1.82) is 0 Å². The zero-order valence-electron chi connectivity index (χ0n) is 15.6. The first kappa shape index (κ1) is 17.2. The maximum atomic E-state index is 14.3. The standard InChI is InChI=1S/C21H24F2N4/c1-20(2)13-6-7-21(20,17-11-24-8-9-25-17)19-12(13)10-16(26-27-19)18-14(22)4-3-5-15(18)23/h3-5,10,13,17,24-25H,6-9,11H2,1-2H3/t13-,17?,21-/m0/s1. The molecule has 1 unspecified atom stereocenters. The second-order valence-corrected chi connectivity index (χ2v) is 8.63. The Balaban J connectivity index is 1.66. The molecule has 5 rings (SSSR count). The van der Waals surface area contributed by atoms with E-state index in [9.17, 15) is 8.78 Å². The Morgan fingerprint density at radius 2 is 1.89 bits per heavy atom. The number of nitrogens with one attached hydrogen (secondary N) is 2. The van der Waals surface area contributed by atoms with Crippen molar-refractivity contribution in [2.75, 3.05) is 19.6 Å². The predicted octanol–water partition coefficient (Wildman–Crippen LogP) is 3.14. The van der Waals surface area contributed by atoms with E-state index in [2.05, 4.69) is 34.7 Å². The summed E-state index contributed by atoms with van der Waals surface area (Å²) >= 11 is 0. The lowest BCUT2D eigenvalue weighted by Gasteiger charge is -2.46. The van der Waals surface area contributed by atoms with Crippen LogP contribution in [0.15, 0.2) is 24.3 Å². The van der Waals surface area contributed by atoms with Crippen molar-refractivity contribution in [3.8, 4) is 11.3 Å². The maximum absolute atomic E-state index is 14.3. The van der Waals surface area contributed by atoms with Crippen molar-refractivity contribution in [2.24, 2.45) is 5.41 Å². The molecule has 3 atom stereocenters. The molecule has 1 aromatic heterocycles. The van der Waals surface area contributed by atoms with E-state index >= 15 is 0 Å². The van der Waals surface area contributed by atoms with Crippen molar-refractivity contribution in [3.63, 3.8) is 0 Å². The van der Waals surface area contributed by atoms with Gasteiger partial charge in [0.2, 0.25) is 0 Å². The fourth-order valence-electron chi connectivity index (χ4n) is 6.01. The zero-order valence-corrected chi connectivity index (χ0v) is 15.6. The molecule has 6 heteroatoms. The molecule has 1 aromatic carbocycles. The summed E-state index contributed by atoms with van der Waals surface area (Å²) in [5, 5.41) is 16.1. The van der Waals surface area contributed by atoms with Crippen molar-refractivity contribution in [3.05, 3.63) is 47.2 Å². The Morgan fingerprint density at radius 1 is 1.11 bits per heavy atom. The van der Waals surface area contributed by atoms with E-state index in [0.717, 1.165) is 43.7 Å². The lowest BCUT2D eigenvalue weighted by molar-refractivity contribution is 0.136. The van der Waals surface area contributed by atoms with E-state index in [-0.39, 0.29) is 28.1 Å². The molecule has 27 heavy (non-hydrogen) atoms. The largest absolute Gasteiger partial charge is 0.314 e. The molecule has 2 aromatic rings. The number of fused-ring (bicyclic) bond motifs is 5. The molecular weight excluding hydrogens is 346 g/mol. The highest BCUT2D eigenvalue weighted by atomic mass is 19.1. The average molecular weight is 370 g/mol. The molecule has 1 saturated heterocycles. The maximum Gasteiger partial charge on any atom is 0.135 e. The van der Waals surface area contributed by atoms with Crippen LogP contribution >= 0.6 is 0 Å². The molecule has 142 valence electrons. The minimum Gasteiger partial charge on any atom is -0.314 e. The minimum atomic E-state index is -0.598. The van der Waals surface area contributed by atoms with Crippen molar-refractivity contribution >= 4 is 0 Å². The molecule has 2 aliphatic carbocycles. The highest BCUT2D eigenvalue weighted by molar-refractivity contribution is 5.63. The first-order valence-corrected chi connectivity index (χ1v) is 9.73. The van der Waals surface area contributed by atoms with Crippen LogP contribution in [0.5, 0.6) is 0 Å². The SMILES string of the molecule is CC1(C)[C@H]2CC[C@]1(C1CNCCN1)c1nnc(-c3c(F)cccc3F)cc12. The Bertz CT molecular complexity index is 887. The Labute approximate surface area is 157 Å². The third-order valence-electron chi connectivity index (χ3n) is 7.32. The zero-order chi connectivity index (χ0) is 18.8. The summed E-state index contributed by atoms with van der Waals surface area (Å²) in [6, 6.07) is 6.08. The van der Waals surface area contributed by atoms with Crippen LogP contribution < -0.4 is 10.6 Å². The number of halogens is 2. The quantitative estimate of drug-likeness (QED) is 0.853. The van der Waals surface area contributed by atoms with Gasteiger partial charge in [-0.2, -0.15) is 10.2 Å². The minimum absolute atomic E-state index is 0.0209. The summed E-state index contributed by atoms with van der Waals surface area (Å²) in [5.41, 5.74) is 2.27. The van der Waals surface area contributed by atoms with Crippen molar-refractivity contribution in [1.82, 2.24) is 20.8 Å². The fourth-order valence-corrected chi connectivity index (χ4v) is 6.01. The van der Waals surface area contributed by atoms with Gasteiger partial charge in [0.1, 0.15) is 11.6 Å². The van der Waals surface area contributed by atoms with Crippen LogP contribution in [0.4, 0.5) is 8.78 Å². The smallest absolute Gasteiger partial charge is 0.135 e. The van der Waals surface area contributed by atoms with Crippen LogP contribution in [0, 0.1) is 17.0 Å². The summed E-state index contributed by atoms with van der Waals surface area (Å²) in [4.78, 5) is 0. The normalized spacial score (nSPS) is 31.1. The molecule has 1 aliphatic heterocycles. The molecule has 1 saturated carbocycles. The molecule has 2 fully saturated rings. The second kappa shape index (κ2) is 5.79. The topological polar surface area (TPSA) is 49.8 Å². The van der Waals surface area contributed by atoms with E-state index in [1.807, 2.05) is 6.07 Å². The molecule has 0 spiro atoms. The van der Waals surface area contributed by atoms with Gasteiger partial charge in [0.25, 0.3) is 0 Å². The summed E-state index contributed by atoms with van der Waals surface area (Å²) in [6.45, 7) is 7.44. The van der Waals surface area contributed by atoms with Gasteiger partial charge in [-0.15, -0.1) is 0 Å². The second-order valence-electron chi connectivity index (χ2n) is 8.63. The molecule has 2 heterocycles. The van der Waals surface area contributed by atoms with Gasteiger partial charge in [0.05, 0.1) is 17.0 Å². The number of hydrogen-bond donors (Lipinski definition) is 2. The average Bonchev–Trinajstić information content (AvgIpc) is 3.04. The van der Waals surface area contributed by atoms with E-state index in [1.165, 1.54) is 18.2 Å². The number of aromatic nitrogens is 2. The molecule has 3 aliphatic rings. The lowest BCUT2D eigenvalue weighted by atomic mass is 9.63. The van der Waals surface area contributed by atoms with Gasteiger partial charge in [0.15, 0.2) is 0 Å². The van der Waals surface area contributed by atoms with Gasteiger partial charge in [-0.3, -0.25) is 0 Å². The van der Waals surface area contributed by atoms with Crippen molar-refractivity contribution < 1.29 is 8.78 Å². The van der Waals surface area contributed by atoms with Crippen molar-refractivity contribution in [2.45, 2.75) is 44.1 Å². The molecule has 0 amide bonds. The van der Waals surface area contributed by atoms with Gasteiger partial charge in [-0.25, -0.2) is 8.78 Å². The van der Waals surface area contributed by atoms with Crippen LogP contribution in [0.1, 0.15) is 43.9 Å². The fraction of sp³-hybridized carbons (Fsp3) is 0.524. The van der Waals surface area contributed by atoms with Gasteiger partial charge >= 0.3 is 0 Å². The third kappa shape index (κ3) is 2.14. The summed E-state index contributed by atoms with van der Waals surface area (Å²) in [6.07, 6.45) is 2.14. The molecule has 2 bridgehead atoms. The van der Waals surface area contributed by atoms with Gasteiger partial charge < -0.3 is 10.6 Å². The molecule has 0 radical (unpaired) electrons. The number of piperazine rings is 1. The van der Waals surface area contributed by atoms with Crippen LogP contribution in [0.3, 0.4) is 0 Å². The Kier molecular flexibility index (Phi) is 3.69. The Morgan fingerprint density at radius 3 is 2.59 bits per heavy atom. The van der Waals surface area contributed by atoms with E-state index < -0.39 is 11.6 Å². The molecule has 2 N–H and O–H groups in total. The van der Waals surface area contributed by atoms with Gasteiger partial charge in [0, 0.05) is 31.1 Å². The number of nitrogens with zero attached hydrogens (tertiary/aromatic N) is 2. The number of rotatable bonds is 2. The number of hydrogen-bond acceptors (Lipinski definition) is 4. The van der Waals surface area contributed by atoms with E-state index in [0.29, 0.717) is 5.92 Å². The van der Waals surface area contributed by atoms with Gasteiger partial charge in [-0.05, 0) is 47.9 Å². The summed E-state index contributed by atoms with van der Waals surface area (Å²) < 4.78 is 28.5. The van der Waals surface area contributed by atoms with Crippen LogP contribution in [0.25, 0.3) is 11.3 Å². The summed E-state index contributed by atoms with van der Waals surface area (Å²) in [7, 11) is 0. The van der Waals surface area contributed by atoms with Crippen LogP contribution in [0.2, 0.25) is 0 Å². The number of benzene rings is 1. The highest BCUT2D eigenvalue weighted by Crippen LogP contribution is 2.68. The first-order chi connectivity index (χ1) is 13.0. The monoisotopic (exact) mass is 370 g/mol. The first-order valence-electron chi connectivity index (χ1n) is 9.73. The lowest BCUT2D eigenvalue weighted by Crippen LogP contribution is -2.61. The molecular formula is C21H24F2N4. The highest BCUT2D eigenvalue weighted by Gasteiger charge is 2.66. The van der Waals surface area contributed by atoms with E-state index in [1.54, 1.807) is 0 Å². The third-order valence-corrected chi connectivity index (χ3v) is 7.32. The van der Waals surface area contributed by atoms with Gasteiger partial charge in [-0.1, -0.05) is 19.9 Å². The molecule has 4 nitrogen and oxygen atoms in total. The van der Waals surface area contributed by atoms with Crippen LogP contribution in [-0.2, 0) is 5.41 Å². The van der Waals surface area contributed by atoms with Crippen LogP contribution in [-0.4, -0.2) is 35.9 Å². The van der Waals surface area contributed by atoms with E-state index in [4.69, 9.17) is 0 Å². The summed E-state index contributed by atoms with van der Waals surface area (Å²) in [5.74, 6) is -0.862. The Hall–Kier alpha value is -1.92. The predicted molar refractivity (Wildman–Crippen MR) is 99.5 cm³/mol.